The maximum atomic E-state index is 12.4. The third-order valence-corrected chi connectivity index (χ3v) is 6.09. The summed E-state index contributed by atoms with van der Waals surface area (Å²) in [7, 11) is 0. The number of rotatable bonds is 9. The van der Waals surface area contributed by atoms with E-state index in [2.05, 4.69) is 5.32 Å². The van der Waals surface area contributed by atoms with Crippen molar-refractivity contribution in [2.75, 3.05) is 25.5 Å². The number of aryl methyl sites for hydroxylation is 1. The predicted molar refractivity (Wildman–Crippen MR) is 114 cm³/mol. The number of carbonyl (C=O) groups excluding carboxylic acids is 1. The Bertz CT molecular complexity index is 825. The summed E-state index contributed by atoms with van der Waals surface area (Å²) >= 11 is 7.75. The summed E-state index contributed by atoms with van der Waals surface area (Å²) < 4.78 is 10.9. The van der Waals surface area contributed by atoms with Crippen LogP contribution >= 0.6 is 23.4 Å². The van der Waals surface area contributed by atoms with Crippen LogP contribution in [0.25, 0.3) is 10.9 Å². The molecule has 5 nitrogen and oxygen atoms in total. The molecule has 0 bridgehead atoms. The number of thioether (sulfide) groups is 1. The third kappa shape index (κ3) is 5.38. The largest absolute Gasteiger partial charge is 0.351 e. The molecular weight excluding hydrogens is 396 g/mol. The van der Waals surface area contributed by atoms with Crippen LogP contribution in [0.3, 0.4) is 0 Å². The van der Waals surface area contributed by atoms with E-state index in [-0.39, 0.29) is 5.91 Å². The van der Waals surface area contributed by atoms with Crippen molar-refractivity contribution < 1.29 is 14.3 Å². The van der Waals surface area contributed by atoms with Crippen LogP contribution < -0.4 is 5.32 Å². The van der Waals surface area contributed by atoms with E-state index in [1.165, 1.54) is 5.56 Å². The molecule has 1 aliphatic rings. The van der Waals surface area contributed by atoms with E-state index in [0.29, 0.717) is 30.5 Å². The average Bonchev–Trinajstić information content (AvgIpc) is 2.69. The molecule has 7 heteroatoms. The van der Waals surface area contributed by atoms with Gasteiger partial charge in [0, 0.05) is 34.2 Å². The van der Waals surface area contributed by atoms with E-state index in [1.54, 1.807) is 11.8 Å². The number of hydrogen-bond acceptors (Lipinski definition) is 5. The lowest BCUT2D eigenvalue weighted by Gasteiger charge is -2.21. The molecule has 0 saturated carbocycles. The van der Waals surface area contributed by atoms with Crippen molar-refractivity contribution in [3.63, 3.8) is 0 Å². The van der Waals surface area contributed by atoms with Gasteiger partial charge in [-0.15, -0.1) is 11.8 Å². The maximum Gasteiger partial charge on any atom is 0.230 e. The summed E-state index contributed by atoms with van der Waals surface area (Å²) in [5.41, 5.74) is 3.35. The van der Waals surface area contributed by atoms with E-state index in [1.807, 2.05) is 32.0 Å². The molecule has 1 N–H and O–H groups in total. The molecule has 1 aromatic carbocycles. The minimum absolute atomic E-state index is 0.0297. The van der Waals surface area contributed by atoms with Crippen LogP contribution in [0.2, 0.25) is 5.02 Å². The monoisotopic (exact) mass is 422 g/mol. The number of halogens is 1. The first-order chi connectivity index (χ1) is 13.6. The van der Waals surface area contributed by atoms with Crippen LogP contribution in [-0.2, 0) is 27.1 Å². The number of carbonyl (C=O) groups is 1. The summed E-state index contributed by atoms with van der Waals surface area (Å²) in [5.74, 6) is 0.317. The van der Waals surface area contributed by atoms with E-state index in [0.717, 1.165) is 47.2 Å². The van der Waals surface area contributed by atoms with Gasteiger partial charge in [0.15, 0.2) is 6.29 Å². The molecule has 28 heavy (non-hydrogen) atoms. The Morgan fingerprint density at radius 1 is 1.25 bits per heavy atom. The van der Waals surface area contributed by atoms with E-state index in [4.69, 9.17) is 26.1 Å². The zero-order valence-corrected chi connectivity index (χ0v) is 18.0. The van der Waals surface area contributed by atoms with Crippen molar-refractivity contribution in [2.24, 2.45) is 0 Å². The number of aromatic nitrogens is 1. The van der Waals surface area contributed by atoms with E-state index < -0.39 is 6.29 Å². The quantitative estimate of drug-likeness (QED) is 0.480. The fourth-order valence-corrected chi connectivity index (χ4v) is 4.71. The molecule has 0 atom stereocenters. The highest BCUT2D eigenvalue weighted by molar-refractivity contribution is 8.00. The second-order valence-electron chi connectivity index (χ2n) is 6.67. The van der Waals surface area contributed by atoms with Crippen LogP contribution in [0, 0.1) is 0 Å². The van der Waals surface area contributed by atoms with Crippen LogP contribution in [0.4, 0.5) is 0 Å². The van der Waals surface area contributed by atoms with Crippen LogP contribution in [0.15, 0.2) is 23.1 Å². The molecule has 2 aromatic rings. The van der Waals surface area contributed by atoms with Gasteiger partial charge in [0.25, 0.3) is 0 Å². The normalized spacial score (nSPS) is 13.7. The molecule has 0 saturated heterocycles. The lowest BCUT2D eigenvalue weighted by atomic mass is 9.94. The first-order valence-electron chi connectivity index (χ1n) is 9.86. The fraction of sp³-hybridized carbons (Fsp3) is 0.524. The Balaban J connectivity index is 1.72. The molecule has 0 radical (unpaired) electrons. The van der Waals surface area contributed by atoms with Gasteiger partial charge in [0.05, 0.1) is 17.8 Å². The Morgan fingerprint density at radius 2 is 2.00 bits per heavy atom. The van der Waals surface area contributed by atoms with Gasteiger partial charge in [-0.05, 0) is 57.2 Å². The zero-order valence-electron chi connectivity index (χ0n) is 16.4. The van der Waals surface area contributed by atoms with Gasteiger partial charge in [0.2, 0.25) is 5.91 Å². The molecule has 1 aliphatic carbocycles. The minimum atomic E-state index is -0.402. The summed E-state index contributed by atoms with van der Waals surface area (Å²) in [6.07, 6.45) is 3.93. The fourth-order valence-electron chi connectivity index (χ4n) is 3.44. The number of ether oxygens (including phenoxy) is 2. The minimum Gasteiger partial charge on any atom is -0.351 e. The van der Waals surface area contributed by atoms with Crippen molar-refractivity contribution in [3.8, 4) is 0 Å². The smallest absolute Gasteiger partial charge is 0.230 e. The number of fused-ring (bicyclic) bond motifs is 2. The first-order valence-corrected chi connectivity index (χ1v) is 11.2. The summed E-state index contributed by atoms with van der Waals surface area (Å²) in [6.45, 7) is 5.27. The standard InChI is InChI=1S/C21H27ClN2O3S/c1-3-26-20(27-4-2)12-23-19(25)13-28-21-15-7-5-6-8-17(15)24-18-11-14(22)9-10-16(18)21/h9-11,20H,3-8,12-13H2,1-2H3,(H,23,25). The molecule has 3 rings (SSSR count). The molecule has 0 spiro atoms. The van der Waals surface area contributed by atoms with Crippen LogP contribution in [0.5, 0.6) is 0 Å². The predicted octanol–water partition coefficient (Wildman–Crippen LogP) is 4.37. The summed E-state index contributed by atoms with van der Waals surface area (Å²) in [4.78, 5) is 18.4. The molecule has 0 fully saturated rings. The lowest BCUT2D eigenvalue weighted by Crippen LogP contribution is -2.36. The van der Waals surface area contributed by atoms with Crippen LogP contribution in [-0.4, -0.2) is 42.7 Å². The van der Waals surface area contributed by atoms with Crippen molar-refractivity contribution in [1.82, 2.24) is 10.3 Å². The van der Waals surface area contributed by atoms with Gasteiger partial charge in [-0.2, -0.15) is 0 Å². The van der Waals surface area contributed by atoms with E-state index in [9.17, 15) is 4.79 Å². The Hall–Kier alpha value is -1.34. The number of nitrogens with one attached hydrogen (secondary N) is 1. The second-order valence-corrected chi connectivity index (χ2v) is 8.09. The Labute approximate surface area is 175 Å². The third-order valence-electron chi connectivity index (χ3n) is 4.69. The van der Waals surface area contributed by atoms with Crippen molar-refractivity contribution in [2.45, 2.75) is 50.7 Å². The number of hydrogen-bond donors (Lipinski definition) is 1. The molecule has 0 unspecified atom stereocenters. The zero-order chi connectivity index (χ0) is 19.9. The van der Waals surface area contributed by atoms with Gasteiger partial charge in [-0.3, -0.25) is 9.78 Å². The molecule has 1 amide bonds. The van der Waals surface area contributed by atoms with Gasteiger partial charge >= 0.3 is 0 Å². The lowest BCUT2D eigenvalue weighted by molar-refractivity contribution is -0.139. The SMILES string of the molecule is CCOC(CNC(=O)CSc1c2c(nc3cc(Cl)ccc13)CCCC2)OCC. The van der Waals surface area contributed by atoms with Gasteiger partial charge in [-0.1, -0.05) is 17.7 Å². The van der Waals surface area contributed by atoms with Crippen molar-refractivity contribution in [3.05, 3.63) is 34.5 Å². The number of amides is 1. The number of nitrogens with zero attached hydrogens (tertiary/aromatic N) is 1. The first kappa shape index (κ1) is 21.4. The van der Waals surface area contributed by atoms with Gasteiger partial charge in [0.1, 0.15) is 0 Å². The molecule has 0 aliphatic heterocycles. The van der Waals surface area contributed by atoms with Crippen molar-refractivity contribution in [1.29, 1.82) is 0 Å². The highest BCUT2D eigenvalue weighted by Crippen LogP contribution is 2.36. The highest BCUT2D eigenvalue weighted by atomic mass is 35.5. The number of benzene rings is 1. The molecule has 152 valence electrons. The summed E-state index contributed by atoms with van der Waals surface area (Å²) in [6, 6.07) is 5.81. The molecule has 1 heterocycles. The second kappa shape index (κ2) is 10.4. The Kier molecular flexibility index (Phi) is 7.97. The average molecular weight is 423 g/mol. The maximum absolute atomic E-state index is 12.4. The molecule has 1 aromatic heterocycles. The van der Waals surface area contributed by atoms with Gasteiger partial charge in [-0.25, -0.2) is 0 Å². The number of pyridine rings is 1. The van der Waals surface area contributed by atoms with E-state index >= 15 is 0 Å². The molecular formula is C21H27ClN2O3S. The summed E-state index contributed by atoms with van der Waals surface area (Å²) in [5, 5.41) is 4.67. The topological polar surface area (TPSA) is 60.5 Å². The van der Waals surface area contributed by atoms with Gasteiger partial charge < -0.3 is 14.8 Å². The van der Waals surface area contributed by atoms with Crippen molar-refractivity contribution >= 4 is 40.2 Å². The van der Waals surface area contributed by atoms with Crippen LogP contribution in [0.1, 0.15) is 37.9 Å². The Morgan fingerprint density at radius 3 is 2.75 bits per heavy atom. The highest BCUT2D eigenvalue weighted by Gasteiger charge is 2.20.